The fraction of sp³-hybridized carbons (Fsp3) is 0.136. The molecule has 0 spiro atoms. The summed E-state index contributed by atoms with van der Waals surface area (Å²) in [7, 11) is 1.52. The first-order valence-electron chi connectivity index (χ1n) is 9.00. The van der Waals surface area contributed by atoms with Crippen LogP contribution < -0.4 is 15.4 Å². The Morgan fingerprint density at radius 2 is 1.79 bits per heavy atom. The van der Waals surface area contributed by atoms with Crippen LogP contribution in [0, 0.1) is 5.82 Å². The van der Waals surface area contributed by atoms with Gasteiger partial charge in [-0.25, -0.2) is 4.39 Å². The van der Waals surface area contributed by atoms with Crippen LogP contribution in [0.25, 0.3) is 0 Å². The van der Waals surface area contributed by atoms with Gasteiger partial charge in [-0.1, -0.05) is 24.3 Å². The van der Waals surface area contributed by atoms with Crippen molar-refractivity contribution in [1.82, 2.24) is 10.3 Å². The highest BCUT2D eigenvalue weighted by Crippen LogP contribution is 2.23. The highest BCUT2D eigenvalue weighted by Gasteiger charge is 2.13. The van der Waals surface area contributed by atoms with Crippen LogP contribution >= 0.6 is 0 Å². The number of carbonyl (C=O) groups excluding carboxylic acids is 2. The maximum atomic E-state index is 12.9. The largest absolute Gasteiger partial charge is 0.495 e. The standard InChI is InChI=1S/C22H20FN3O3/c1-29-20-5-3-2-4-18(20)26-21(27)16-11-13-24-19(14-16)22(28)25-12-10-15-6-8-17(23)9-7-15/h2-9,11,13-14H,10,12H2,1H3,(H,25,28)(H,26,27). The number of amides is 2. The zero-order valence-corrected chi connectivity index (χ0v) is 15.8. The van der Waals surface area contributed by atoms with Gasteiger partial charge in [0.2, 0.25) is 0 Å². The van der Waals surface area contributed by atoms with E-state index < -0.39 is 0 Å². The molecular weight excluding hydrogens is 373 g/mol. The van der Waals surface area contributed by atoms with Crippen molar-refractivity contribution in [2.24, 2.45) is 0 Å². The summed E-state index contributed by atoms with van der Waals surface area (Å²) in [6.07, 6.45) is 1.96. The van der Waals surface area contributed by atoms with E-state index >= 15 is 0 Å². The Kier molecular flexibility index (Phi) is 6.52. The van der Waals surface area contributed by atoms with Gasteiger partial charge in [-0.2, -0.15) is 0 Å². The van der Waals surface area contributed by atoms with Crippen molar-refractivity contribution in [2.45, 2.75) is 6.42 Å². The second kappa shape index (κ2) is 9.45. The summed E-state index contributed by atoms with van der Waals surface area (Å²) in [5.74, 6) is -0.532. The van der Waals surface area contributed by atoms with Crippen molar-refractivity contribution < 1.29 is 18.7 Å². The number of para-hydroxylation sites is 2. The van der Waals surface area contributed by atoms with Crippen molar-refractivity contribution in [3.63, 3.8) is 0 Å². The van der Waals surface area contributed by atoms with Gasteiger partial charge >= 0.3 is 0 Å². The van der Waals surface area contributed by atoms with Gasteiger partial charge in [0.15, 0.2) is 0 Å². The number of carbonyl (C=O) groups is 2. The van der Waals surface area contributed by atoms with E-state index in [-0.39, 0.29) is 23.3 Å². The van der Waals surface area contributed by atoms with E-state index in [1.165, 1.54) is 37.6 Å². The number of methoxy groups -OCH3 is 1. The Morgan fingerprint density at radius 1 is 1.03 bits per heavy atom. The Hall–Kier alpha value is -3.74. The molecule has 2 amide bonds. The maximum absolute atomic E-state index is 12.9. The van der Waals surface area contributed by atoms with Gasteiger partial charge in [-0.15, -0.1) is 0 Å². The Bertz CT molecular complexity index is 1010. The number of hydrogen-bond donors (Lipinski definition) is 2. The van der Waals surface area contributed by atoms with Crippen molar-refractivity contribution in [3.05, 3.63) is 89.5 Å². The minimum atomic E-state index is -0.390. The second-order valence-electron chi connectivity index (χ2n) is 6.22. The maximum Gasteiger partial charge on any atom is 0.269 e. The first-order valence-corrected chi connectivity index (χ1v) is 9.00. The van der Waals surface area contributed by atoms with Crippen molar-refractivity contribution >= 4 is 17.5 Å². The number of nitrogens with zero attached hydrogens (tertiary/aromatic N) is 1. The van der Waals surface area contributed by atoms with E-state index in [4.69, 9.17) is 4.74 Å². The second-order valence-corrected chi connectivity index (χ2v) is 6.22. The summed E-state index contributed by atoms with van der Waals surface area (Å²) < 4.78 is 18.1. The van der Waals surface area contributed by atoms with Gasteiger partial charge in [0.05, 0.1) is 12.8 Å². The SMILES string of the molecule is COc1ccccc1NC(=O)c1ccnc(C(=O)NCCc2ccc(F)cc2)c1. The molecule has 29 heavy (non-hydrogen) atoms. The van der Waals surface area contributed by atoms with Gasteiger partial charge in [0, 0.05) is 18.3 Å². The molecule has 148 valence electrons. The van der Waals surface area contributed by atoms with E-state index in [0.717, 1.165) is 5.56 Å². The lowest BCUT2D eigenvalue weighted by molar-refractivity contribution is 0.0949. The Morgan fingerprint density at radius 3 is 2.55 bits per heavy atom. The number of anilines is 1. The molecule has 0 atom stereocenters. The molecule has 3 rings (SSSR count). The lowest BCUT2D eigenvalue weighted by Crippen LogP contribution is -2.27. The van der Waals surface area contributed by atoms with Crippen molar-refractivity contribution in [1.29, 1.82) is 0 Å². The topological polar surface area (TPSA) is 80.3 Å². The molecule has 6 nitrogen and oxygen atoms in total. The molecule has 0 bridgehead atoms. The molecule has 0 saturated heterocycles. The van der Waals surface area contributed by atoms with Crippen LogP contribution in [0.4, 0.5) is 10.1 Å². The van der Waals surface area contributed by atoms with Crippen molar-refractivity contribution in [2.75, 3.05) is 19.0 Å². The fourth-order valence-electron chi connectivity index (χ4n) is 2.70. The quantitative estimate of drug-likeness (QED) is 0.644. The number of ether oxygens (including phenoxy) is 1. The first kappa shape index (κ1) is 20.0. The monoisotopic (exact) mass is 393 g/mol. The predicted octanol–water partition coefficient (Wildman–Crippen LogP) is 3.45. The first-order chi connectivity index (χ1) is 14.1. The van der Waals surface area contributed by atoms with Crippen LogP contribution in [0.15, 0.2) is 66.9 Å². The molecule has 3 aromatic rings. The smallest absolute Gasteiger partial charge is 0.269 e. The van der Waals surface area contributed by atoms with E-state index in [1.54, 1.807) is 36.4 Å². The number of pyridine rings is 1. The number of aromatic nitrogens is 1. The van der Waals surface area contributed by atoms with E-state index in [2.05, 4.69) is 15.6 Å². The zero-order valence-electron chi connectivity index (χ0n) is 15.8. The molecule has 0 radical (unpaired) electrons. The molecular formula is C22H20FN3O3. The number of halogens is 1. The Labute approximate surface area is 167 Å². The number of nitrogens with one attached hydrogen (secondary N) is 2. The zero-order chi connectivity index (χ0) is 20.6. The molecule has 1 heterocycles. The van der Waals surface area contributed by atoms with Gasteiger partial charge in [0.25, 0.3) is 11.8 Å². The lowest BCUT2D eigenvalue weighted by Gasteiger charge is -2.10. The molecule has 7 heteroatoms. The third-order valence-electron chi connectivity index (χ3n) is 4.22. The summed E-state index contributed by atoms with van der Waals surface area (Å²) in [5, 5.41) is 5.51. The van der Waals surface area contributed by atoms with E-state index in [0.29, 0.717) is 30.0 Å². The number of hydrogen-bond acceptors (Lipinski definition) is 4. The van der Waals surface area contributed by atoms with E-state index in [1.807, 2.05) is 0 Å². The normalized spacial score (nSPS) is 10.3. The summed E-state index contributed by atoms with van der Waals surface area (Å²) >= 11 is 0. The molecule has 0 saturated carbocycles. The minimum absolute atomic E-state index is 0.136. The molecule has 1 aromatic heterocycles. The van der Waals surface area contributed by atoms with Crippen LogP contribution in [0.1, 0.15) is 26.4 Å². The van der Waals surface area contributed by atoms with Crippen LogP contribution in [-0.2, 0) is 6.42 Å². The summed E-state index contributed by atoms with van der Waals surface area (Å²) in [6, 6.07) is 16.1. The molecule has 2 N–H and O–H groups in total. The van der Waals surface area contributed by atoms with Gasteiger partial charge in [0.1, 0.15) is 17.3 Å². The minimum Gasteiger partial charge on any atom is -0.495 e. The van der Waals surface area contributed by atoms with Crippen molar-refractivity contribution in [3.8, 4) is 5.75 Å². The number of benzene rings is 2. The highest BCUT2D eigenvalue weighted by atomic mass is 19.1. The highest BCUT2D eigenvalue weighted by molar-refractivity contribution is 6.06. The van der Waals surface area contributed by atoms with Crippen LogP contribution in [0.3, 0.4) is 0 Å². The third kappa shape index (κ3) is 5.38. The molecule has 0 fully saturated rings. The average molecular weight is 393 g/mol. The predicted molar refractivity (Wildman–Crippen MR) is 108 cm³/mol. The lowest BCUT2D eigenvalue weighted by atomic mass is 10.1. The number of rotatable bonds is 7. The molecule has 2 aromatic carbocycles. The average Bonchev–Trinajstić information content (AvgIpc) is 2.75. The van der Waals surface area contributed by atoms with E-state index in [9.17, 15) is 14.0 Å². The van der Waals surface area contributed by atoms with Crippen LogP contribution in [-0.4, -0.2) is 30.5 Å². The van der Waals surface area contributed by atoms with Gasteiger partial charge in [-0.05, 0) is 48.4 Å². The molecule has 0 aliphatic carbocycles. The van der Waals surface area contributed by atoms with Gasteiger partial charge in [-0.3, -0.25) is 14.6 Å². The third-order valence-corrected chi connectivity index (χ3v) is 4.22. The van der Waals surface area contributed by atoms with Gasteiger partial charge < -0.3 is 15.4 Å². The summed E-state index contributed by atoms with van der Waals surface area (Å²) in [5.41, 5.74) is 1.87. The van der Waals surface area contributed by atoms with Crippen LogP contribution in [0.2, 0.25) is 0 Å². The van der Waals surface area contributed by atoms with Crippen LogP contribution in [0.5, 0.6) is 5.75 Å². The molecule has 0 aliphatic heterocycles. The summed E-state index contributed by atoms with van der Waals surface area (Å²) in [4.78, 5) is 28.9. The summed E-state index contributed by atoms with van der Waals surface area (Å²) in [6.45, 7) is 0.365. The fourth-order valence-corrected chi connectivity index (χ4v) is 2.70. The molecule has 0 aliphatic rings. The molecule has 0 unspecified atom stereocenters. The Balaban J connectivity index is 1.61.